The molecule has 1 saturated carbocycles. The van der Waals surface area contributed by atoms with Gasteiger partial charge >= 0.3 is 12.1 Å². The molecule has 3 aliphatic rings. The molecule has 3 fully saturated rings. The maximum atomic E-state index is 13.8. The maximum Gasteiger partial charge on any atom is 0.401 e. The molecular formula is C35H42ClF3N6O5. The van der Waals surface area contributed by atoms with Crippen LogP contribution in [0.5, 0.6) is 0 Å². The third-order valence-corrected chi connectivity index (χ3v) is 10.5. The number of para-hydroxylation sites is 1. The van der Waals surface area contributed by atoms with Crippen molar-refractivity contribution in [1.29, 1.82) is 0 Å². The van der Waals surface area contributed by atoms with Crippen LogP contribution < -0.4 is 5.32 Å². The Morgan fingerprint density at radius 2 is 1.76 bits per heavy atom. The smallest absolute Gasteiger partial charge is 0.401 e. The number of rotatable bonds is 10. The third kappa shape index (κ3) is 8.59. The Morgan fingerprint density at radius 1 is 1.04 bits per heavy atom. The van der Waals surface area contributed by atoms with Crippen LogP contribution in [0.15, 0.2) is 42.5 Å². The van der Waals surface area contributed by atoms with E-state index in [0.717, 1.165) is 5.52 Å². The van der Waals surface area contributed by atoms with E-state index >= 15 is 0 Å². The van der Waals surface area contributed by atoms with E-state index in [9.17, 15) is 32.7 Å². The quantitative estimate of drug-likeness (QED) is 0.306. The largest absolute Gasteiger partial charge is 0.481 e. The number of aromatic nitrogens is 2. The van der Waals surface area contributed by atoms with E-state index in [0.29, 0.717) is 88.1 Å². The van der Waals surface area contributed by atoms with Gasteiger partial charge in [-0.3, -0.25) is 28.9 Å². The molecule has 0 radical (unpaired) electrons. The molecule has 6 rings (SSSR count). The van der Waals surface area contributed by atoms with Gasteiger partial charge in [-0.1, -0.05) is 35.9 Å². The molecule has 2 atom stereocenters. The number of anilines is 1. The van der Waals surface area contributed by atoms with Gasteiger partial charge in [0.15, 0.2) is 5.69 Å². The summed E-state index contributed by atoms with van der Waals surface area (Å²) in [6.45, 7) is 1.36. The molecule has 2 amide bonds. The highest BCUT2D eigenvalue weighted by molar-refractivity contribution is 6.34. The number of hydrogen-bond acceptors (Lipinski definition) is 7. The van der Waals surface area contributed by atoms with E-state index in [2.05, 4.69) is 15.3 Å². The minimum absolute atomic E-state index is 0.0211. The fraction of sp³-hybridized carbons (Fsp3) is 0.543. The molecule has 1 aliphatic carbocycles. The highest BCUT2D eigenvalue weighted by atomic mass is 35.5. The van der Waals surface area contributed by atoms with Crippen LogP contribution in [0.2, 0.25) is 5.02 Å². The highest BCUT2D eigenvalue weighted by Crippen LogP contribution is 2.31. The average molecular weight is 719 g/mol. The van der Waals surface area contributed by atoms with Crippen LogP contribution in [0, 0.1) is 5.92 Å². The van der Waals surface area contributed by atoms with Crippen LogP contribution in [0.3, 0.4) is 0 Å². The summed E-state index contributed by atoms with van der Waals surface area (Å²) in [5.74, 6) is -1.68. The van der Waals surface area contributed by atoms with Crippen molar-refractivity contribution in [3.05, 3.63) is 58.7 Å². The summed E-state index contributed by atoms with van der Waals surface area (Å²) in [5.41, 5.74) is 2.14. The number of amides is 2. The second-order valence-electron chi connectivity index (χ2n) is 13.6. The number of nitrogens with zero attached hydrogens (tertiary/aromatic N) is 5. The Bertz CT molecular complexity index is 1700. The number of benzene rings is 2. The van der Waals surface area contributed by atoms with Crippen molar-refractivity contribution in [1.82, 2.24) is 24.5 Å². The molecule has 3 aromatic rings. The average Bonchev–Trinajstić information content (AvgIpc) is 3.66. The highest BCUT2D eigenvalue weighted by Gasteiger charge is 2.40. The zero-order valence-electron chi connectivity index (χ0n) is 27.9. The van der Waals surface area contributed by atoms with Gasteiger partial charge in [-0.15, -0.1) is 0 Å². The van der Waals surface area contributed by atoms with Crippen molar-refractivity contribution in [2.75, 3.05) is 51.2 Å². The lowest BCUT2D eigenvalue weighted by Gasteiger charge is -2.38. The topological polar surface area (TPSA) is 120 Å². The first-order valence-corrected chi connectivity index (χ1v) is 17.4. The van der Waals surface area contributed by atoms with Crippen molar-refractivity contribution in [3.63, 3.8) is 0 Å². The van der Waals surface area contributed by atoms with Gasteiger partial charge in [0.2, 0.25) is 5.91 Å². The molecule has 270 valence electrons. The van der Waals surface area contributed by atoms with Gasteiger partial charge in [0.05, 0.1) is 53.9 Å². The standard InChI is InChI=1S/C35H42ClF3N6O5/c1-42-30-5-3-2-4-27(30)32(41-42)33(47)40-29-11-6-22(16-28(29)36)17-31(46)45-19-24(44-14-12-43(13-15-44)21-35(37,38)39)18-25(45)20-50-26-9-7-23(8-10-26)34(48)49/h2-6,11,16,23-26H,7-10,12-15,17-21H2,1H3,(H,40,47)(H,48,49)/t23-,24-,25-,26-/m0/s1. The van der Waals surface area contributed by atoms with Crippen molar-refractivity contribution in [3.8, 4) is 0 Å². The van der Waals surface area contributed by atoms with Gasteiger partial charge in [-0.05, 0) is 55.9 Å². The molecule has 15 heteroatoms. The lowest BCUT2D eigenvalue weighted by molar-refractivity contribution is -0.150. The number of ether oxygens (including phenoxy) is 1. The number of halogens is 4. The number of aryl methyl sites for hydroxylation is 1. The van der Waals surface area contributed by atoms with Gasteiger partial charge in [-0.25, -0.2) is 0 Å². The van der Waals surface area contributed by atoms with Gasteiger partial charge in [0.25, 0.3) is 5.91 Å². The van der Waals surface area contributed by atoms with Gasteiger partial charge in [-0.2, -0.15) is 18.3 Å². The predicted molar refractivity (Wildman–Crippen MR) is 181 cm³/mol. The van der Waals surface area contributed by atoms with Gasteiger partial charge in [0, 0.05) is 51.2 Å². The summed E-state index contributed by atoms with van der Waals surface area (Å²) in [5, 5.41) is 17.5. The molecule has 0 spiro atoms. The van der Waals surface area contributed by atoms with Crippen LogP contribution >= 0.6 is 11.6 Å². The first kappa shape index (κ1) is 36.1. The minimum Gasteiger partial charge on any atom is -0.481 e. The molecule has 1 aromatic heterocycles. The molecule has 0 unspecified atom stereocenters. The normalized spacial score (nSPS) is 23.7. The zero-order valence-corrected chi connectivity index (χ0v) is 28.6. The maximum absolute atomic E-state index is 13.8. The van der Waals surface area contributed by atoms with Crippen LogP contribution in [-0.2, 0) is 27.8 Å². The number of carbonyl (C=O) groups excluding carboxylic acids is 2. The van der Waals surface area contributed by atoms with Crippen LogP contribution in [0.25, 0.3) is 10.9 Å². The number of alkyl halides is 3. The molecule has 2 aromatic carbocycles. The number of carbonyl (C=O) groups is 3. The van der Waals surface area contributed by atoms with Gasteiger partial charge < -0.3 is 20.1 Å². The van der Waals surface area contributed by atoms with E-state index in [-0.39, 0.29) is 47.2 Å². The van der Waals surface area contributed by atoms with E-state index in [1.165, 1.54) is 4.90 Å². The summed E-state index contributed by atoms with van der Waals surface area (Å²) >= 11 is 6.60. The molecule has 11 nitrogen and oxygen atoms in total. The van der Waals surface area contributed by atoms with Crippen LogP contribution in [0.4, 0.5) is 18.9 Å². The number of hydrogen-bond donors (Lipinski definition) is 2. The van der Waals surface area contributed by atoms with Crippen LogP contribution in [-0.4, -0.2) is 118 Å². The van der Waals surface area contributed by atoms with E-state index < -0.39 is 24.6 Å². The van der Waals surface area contributed by atoms with Crippen LogP contribution in [0.1, 0.15) is 48.2 Å². The summed E-state index contributed by atoms with van der Waals surface area (Å²) in [7, 11) is 1.77. The molecule has 2 saturated heterocycles. The predicted octanol–water partition coefficient (Wildman–Crippen LogP) is 4.83. The third-order valence-electron chi connectivity index (χ3n) is 10.2. The lowest BCUT2D eigenvalue weighted by Crippen LogP contribution is -2.52. The van der Waals surface area contributed by atoms with E-state index in [4.69, 9.17) is 16.3 Å². The lowest BCUT2D eigenvalue weighted by atomic mass is 9.87. The van der Waals surface area contributed by atoms with Crippen molar-refractivity contribution in [2.45, 2.75) is 62.9 Å². The molecule has 2 N–H and O–H groups in total. The molecule has 2 aliphatic heterocycles. The number of carboxylic acids is 1. The first-order valence-electron chi connectivity index (χ1n) is 17.0. The number of piperazine rings is 1. The van der Waals surface area contributed by atoms with Crippen molar-refractivity contribution < 1.29 is 37.4 Å². The number of carboxylic acid groups (broad SMARTS) is 1. The SMILES string of the molecule is Cn1nc(C(=O)Nc2ccc(CC(=O)N3C[C@@H](N4CCN(CC(F)(F)F)CC4)C[C@H]3CO[C@H]3CC[C@H](C(=O)O)CC3)cc2Cl)c2ccccc21. The van der Waals surface area contributed by atoms with E-state index in [1.54, 1.807) is 29.9 Å². The minimum atomic E-state index is -4.24. The Hall–Kier alpha value is -3.72. The summed E-state index contributed by atoms with van der Waals surface area (Å²) < 4.78 is 46.8. The molecule has 0 bridgehead atoms. The Labute approximate surface area is 293 Å². The summed E-state index contributed by atoms with van der Waals surface area (Å²) in [6.07, 6.45) is -1.26. The number of likely N-dealkylation sites (tertiary alicyclic amines) is 1. The number of nitrogens with one attached hydrogen (secondary N) is 1. The molecule has 50 heavy (non-hydrogen) atoms. The fourth-order valence-corrected chi connectivity index (χ4v) is 7.74. The van der Waals surface area contributed by atoms with E-state index in [1.807, 2.05) is 29.2 Å². The Kier molecular flexibility index (Phi) is 11.0. The number of aliphatic carboxylic acids is 1. The Balaban J connectivity index is 1.10. The summed E-state index contributed by atoms with van der Waals surface area (Å²) in [6, 6.07) is 12.2. The fourth-order valence-electron chi connectivity index (χ4n) is 7.49. The van der Waals surface area contributed by atoms with Crippen molar-refractivity contribution in [2.24, 2.45) is 13.0 Å². The zero-order chi connectivity index (χ0) is 35.6. The second-order valence-corrected chi connectivity index (χ2v) is 14.0. The van der Waals surface area contributed by atoms with Crippen molar-refractivity contribution >= 4 is 46.0 Å². The monoisotopic (exact) mass is 718 g/mol. The van der Waals surface area contributed by atoms with Gasteiger partial charge in [0.1, 0.15) is 0 Å². The molecule has 3 heterocycles. The second kappa shape index (κ2) is 15.3. The Morgan fingerprint density at radius 3 is 2.44 bits per heavy atom. The molecular weight excluding hydrogens is 677 g/mol. The first-order chi connectivity index (χ1) is 23.8. The summed E-state index contributed by atoms with van der Waals surface area (Å²) in [4.78, 5) is 43.8. The number of fused-ring (bicyclic) bond motifs is 1.